The fourth-order valence-corrected chi connectivity index (χ4v) is 2.66. The van der Waals surface area contributed by atoms with Crippen molar-refractivity contribution in [1.82, 2.24) is 9.80 Å². The lowest BCUT2D eigenvalue weighted by Crippen LogP contribution is -2.41. The van der Waals surface area contributed by atoms with Crippen molar-refractivity contribution in [2.24, 2.45) is 5.92 Å². The van der Waals surface area contributed by atoms with Gasteiger partial charge in [-0.15, -0.1) is 0 Å². The van der Waals surface area contributed by atoms with E-state index in [1.54, 1.807) is 4.90 Å². The molecule has 1 amide bonds. The third-order valence-corrected chi connectivity index (χ3v) is 3.87. The van der Waals surface area contributed by atoms with Crippen LogP contribution in [-0.4, -0.2) is 56.0 Å². The number of nitrogens with zero attached hydrogens (tertiary/aromatic N) is 2. The number of fused-ring (bicyclic) bond motifs is 1. The van der Waals surface area contributed by atoms with Gasteiger partial charge in [0.05, 0.1) is 6.42 Å². The summed E-state index contributed by atoms with van der Waals surface area (Å²) in [6.07, 6.45) is 0.369. The van der Waals surface area contributed by atoms with Crippen molar-refractivity contribution < 1.29 is 9.53 Å². The SMILES string of the molecule is C[C@@H]1CN(C)C(=O)Cc2cc(N)ccc2O[C@@H]1CN(C)C. The number of anilines is 1. The summed E-state index contributed by atoms with van der Waals surface area (Å²) < 4.78 is 6.22. The number of carbonyl (C=O) groups is 1. The first kappa shape index (κ1) is 15.6. The molecule has 5 heteroatoms. The van der Waals surface area contributed by atoms with Gasteiger partial charge in [-0.1, -0.05) is 6.92 Å². The van der Waals surface area contributed by atoms with Gasteiger partial charge in [0.2, 0.25) is 5.91 Å². The molecule has 0 radical (unpaired) electrons. The Bertz CT molecular complexity index is 516. The number of hydrogen-bond donors (Lipinski definition) is 1. The summed E-state index contributed by atoms with van der Waals surface area (Å²) in [5.41, 5.74) is 7.37. The van der Waals surface area contributed by atoms with Crippen LogP contribution < -0.4 is 10.5 Å². The minimum absolute atomic E-state index is 0.0377. The number of benzene rings is 1. The lowest BCUT2D eigenvalue weighted by atomic mass is 10.0. The molecule has 0 fully saturated rings. The van der Waals surface area contributed by atoms with E-state index >= 15 is 0 Å². The number of ether oxygens (including phenoxy) is 1. The van der Waals surface area contributed by atoms with Crippen LogP contribution in [0, 0.1) is 5.92 Å². The lowest BCUT2D eigenvalue weighted by Gasteiger charge is -2.29. The topological polar surface area (TPSA) is 58.8 Å². The van der Waals surface area contributed by atoms with E-state index < -0.39 is 0 Å². The second kappa shape index (κ2) is 6.35. The molecule has 2 N–H and O–H groups in total. The highest BCUT2D eigenvalue weighted by Crippen LogP contribution is 2.27. The smallest absolute Gasteiger partial charge is 0.226 e. The predicted molar refractivity (Wildman–Crippen MR) is 84.3 cm³/mol. The Morgan fingerprint density at radius 3 is 2.81 bits per heavy atom. The van der Waals surface area contributed by atoms with Crippen molar-refractivity contribution >= 4 is 11.6 Å². The Kier molecular flexibility index (Phi) is 4.73. The Hall–Kier alpha value is -1.75. The summed E-state index contributed by atoms with van der Waals surface area (Å²) in [7, 11) is 5.91. The molecule has 116 valence electrons. The number of rotatable bonds is 2. The monoisotopic (exact) mass is 291 g/mol. The number of nitrogen functional groups attached to an aromatic ring is 1. The van der Waals surface area contributed by atoms with E-state index in [1.165, 1.54) is 0 Å². The van der Waals surface area contributed by atoms with Crippen LogP contribution in [0.25, 0.3) is 0 Å². The van der Waals surface area contributed by atoms with Gasteiger partial charge in [0.1, 0.15) is 11.9 Å². The van der Waals surface area contributed by atoms with E-state index in [2.05, 4.69) is 11.8 Å². The number of likely N-dealkylation sites (N-methyl/N-ethyl adjacent to an activating group) is 2. The summed E-state index contributed by atoms with van der Waals surface area (Å²) in [4.78, 5) is 16.2. The summed E-state index contributed by atoms with van der Waals surface area (Å²) >= 11 is 0. The predicted octanol–water partition coefficient (Wildman–Crippen LogP) is 1.23. The van der Waals surface area contributed by atoms with Crippen LogP contribution in [0.2, 0.25) is 0 Å². The van der Waals surface area contributed by atoms with Crippen molar-refractivity contribution in [2.75, 3.05) is 40.0 Å². The molecule has 1 heterocycles. The molecule has 0 saturated carbocycles. The maximum Gasteiger partial charge on any atom is 0.226 e. The highest BCUT2D eigenvalue weighted by molar-refractivity contribution is 5.79. The molecule has 0 unspecified atom stereocenters. The summed E-state index contributed by atoms with van der Waals surface area (Å²) in [5.74, 6) is 1.12. The van der Waals surface area contributed by atoms with Crippen molar-refractivity contribution in [3.63, 3.8) is 0 Å². The van der Waals surface area contributed by atoms with Gasteiger partial charge in [-0.2, -0.15) is 0 Å². The van der Waals surface area contributed by atoms with Gasteiger partial charge in [-0.25, -0.2) is 0 Å². The van der Waals surface area contributed by atoms with E-state index in [0.717, 1.165) is 17.9 Å². The molecule has 2 atom stereocenters. The minimum Gasteiger partial charge on any atom is -0.488 e. The number of amides is 1. The Labute approximate surface area is 126 Å². The fourth-order valence-electron chi connectivity index (χ4n) is 2.66. The zero-order valence-electron chi connectivity index (χ0n) is 13.3. The first-order valence-electron chi connectivity index (χ1n) is 7.30. The molecule has 21 heavy (non-hydrogen) atoms. The van der Waals surface area contributed by atoms with Gasteiger partial charge in [-0.05, 0) is 32.3 Å². The van der Waals surface area contributed by atoms with E-state index in [-0.39, 0.29) is 17.9 Å². The largest absolute Gasteiger partial charge is 0.488 e. The van der Waals surface area contributed by atoms with Crippen molar-refractivity contribution in [3.05, 3.63) is 23.8 Å². The van der Waals surface area contributed by atoms with Crippen LogP contribution >= 0.6 is 0 Å². The van der Waals surface area contributed by atoms with Gasteiger partial charge in [0.25, 0.3) is 0 Å². The molecule has 0 aromatic heterocycles. The molecular weight excluding hydrogens is 266 g/mol. The molecule has 0 bridgehead atoms. The lowest BCUT2D eigenvalue weighted by molar-refractivity contribution is -0.129. The molecule has 1 aliphatic heterocycles. The molecule has 1 aromatic rings. The van der Waals surface area contributed by atoms with Gasteiger partial charge < -0.3 is 20.3 Å². The first-order valence-corrected chi connectivity index (χ1v) is 7.30. The second-order valence-electron chi connectivity index (χ2n) is 6.21. The van der Waals surface area contributed by atoms with Gasteiger partial charge >= 0.3 is 0 Å². The highest BCUT2D eigenvalue weighted by atomic mass is 16.5. The maximum atomic E-state index is 12.3. The molecule has 0 spiro atoms. The molecule has 2 rings (SSSR count). The van der Waals surface area contributed by atoms with E-state index in [4.69, 9.17) is 10.5 Å². The van der Waals surface area contributed by atoms with Crippen LogP contribution in [0.5, 0.6) is 5.75 Å². The molecular formula is C16H25N3O2. The third-order valence-electron chi connectivity index (χ3n) is 3.87. The second-order valence-corrected chi connectivity index (χ2v) is 6.21. The first-order chi connectivity index (χ1) is 9.86. The van der Waals surface area contributed by atoms with E-state index in [0.29, 0.717) is 18.7 Å². The average Bonchev–Trinajstić information content (AvgIpc) is 2.42. The van der Waals surface area contributed by atoms with Crippen LogP contribution in [0.3, 0.4) is 0 Å². The molecule has 0 aliphatic carbocycles. The minimum atomic E-state index is 0.0377. The summed E-state index contributed by atoms with van der Waals surface area (Å²) in [5, 5.41) is 0. The number of carbonyl (C=O) groups excluding carboxylic acids is 1. The van der Waals surface area contributed by atoms with Crippen molar-refractivity contribution in [2.45, 2.75) is 19.4 Å². The van der Waals surface area contributed by atoms with Crippen LogP contribution in [-0.2, 0) is 11.2 Å². The zero-order chi connectivity index (χ0) is 15.6. The van der Waals surface area contributed by atoms with Gasteiger partial charge in [-0.3, -0.25) is 4.79 Å². The number of nitrogens with two attached hydrogens (primary N) is 1. The maximum absolute atomic E-state index is 12.3. The number of hydrogen-bond acceptors (Lipinski definition) is 4. The normalized spacial score (nSPS) is 23.1. The van der Waals surface area contributed by atoms with Crippen LogP contribution in [0.4, 0.5) is 5.69 Å². The van der Waals surface area contributed by atoms with E-state index in [9.17, 15) is 4.79 Å². The summed E-state index contributed by atoms with van der Waals surface area (Å²) in [6.45, 7) is 3.63. The Morgan fingerprint density at radius 2 is 2.14 bits per heavy atom. The Morgan fingerprint density at radius 1 is 1.43 bits per heavy atom. The van der Waals surface area contributed by atoms with Crippen LogP contribution in [0.15, 0.2) is 18.2 Å². The standard InChI is InChI=1S/C16H25N3O2/c1-11-9-19(4)16(20)8-12-7-13(17)5-6-14(12)21-15(11)10-18(2)3/h5-7,11,15H,8-10,17H2,1-4H3/t11-,15-/m1/s1. The zero-order valence-corrected chi connectivity index (χ0v) is 13.3. The summed E-state index contributed by atoms with van der Waals surface area (Å²) in [6, 6.07) is 5.53. The van der Waals surface area contributed by atoms with Crippen LogP contribution in [0.1, 0.15) is 12.5 Å². The van der Waals surface area contributed by atoms with Gasteiger partial charge in [0.15, 0.2) is 0 Å². The van der Waals surface area contributed by atoms with Crippen molar-refractivity contribution in [1.29, 1.82) is 0 Å². The Balaban J connectivity index is 2.36. The van der Waals surface area contributed by atoms with Crippen molar-refractivity contribution in [3.8, 4) is 5.75 Å². The van der Waals surface area contributed by atoms with Gasteiger partial charge in [0, 0.05) is 37.3 Å². The van der Waals surface area contributed by atoms with E-state index in [1.807, 2.05) is 39.3 Å². The fraction of sp³-hybridized carbons (Fsp3) is 0.562. The average molecular weight is 291 g/mol. The molecule has 1 aliphatic rings. The molecule has 1 aromatic carbocycles. The highest BCUT2D eigenvalue weighted by Gasteiger charge is 2.26. The third kappa shape index (κ3) is 3.88. The molecule has 5 nitrogen and oxygen atoms in total. The quantitative estimate of drug-likeness (QED) is 0.833. The molecule has 0 saturated heterocycles.